The average molecular weight is 815 g/mol. The first-order valence-corrected chi connectivity index (χ1v) is 20.5. The molecule has 0 radical (unpaired) electrons. The topological polar surface area (TPSA) is 254 Å². The Balaban J connectivity index is 0.00000127. The Morgan fingerprint density at radius 2 is 0.586 bits per heavy atom. The van der Waals surface area contributed by atoms with Gasteiger partial charge in [0.2, 0.25) is 30.4 Å². The van der Waals surface area contributed by atoms with Crippen LogP contribution in [0.25, 0.3) is 0 Å². The maximum atomic E-state index is 13.0. The fraction of sp³-hybridized carbons (Fsp3) is 0.769. The third-order valence-corrected chi connectivity index (χ3v) is 8.88. The Labute approximate surface area is 339 Å². The normalized spacial score (nSPS) is 10.0. The summed E-state index contributed by atoms with van der Waals surface area (Å²) < 4.78 is 3.42. The minimum Gasteiger partial charge on any atom is -0.338 e. The number of amides is 2. The van der Waals surface area contributed by atoms with Crippen molar-refractivity contribution in [2.75, 3.05) is 45.8 Å². The molecule has 0 bridgehead atoms. The predicted octanol–water partition coefficient (Wildman–Crippen LogP) is 3.94. The highest BCUT2D eigenvalue weighted by Gasteiger charge is 2.15. The van der Waals surface area contributed by atoms with Crippen LogP contribution in [0, 0.1) is 0 Å². The van der Waals surface area contributed by atoms with Crippen LogP contribution in [0.3, 0.4) is 0 Å². The molecule has 0 aliphatic carbocycles. The summed E-state index contributed by atoms with van der Waals surface area (Å²) in [5.74, 6) is 0. The Hall–Kier alpha value is -5.42. The molecule has 0 saturated carbocycles. The van der Waals surface area contributed by atoms with Gasteiger partial charge in [0.1, 0.15) is 0 Å². The first kappa shape index (κ1) is 52.6. The number of aliphatic imine (C=N–C) groups is 5. The van der Waals surface area contributed by atoms with Crippen LogP contribution in [0.15, 0.2) is 39.3 Å². The molecule has 19 nitrogen and oxygen atoms in total. The van der Waals surface area contributed by atoms with E-state index in [1.54, 1.807) is 0 Å². The first-order chi connectivity index (χ1) is 28.4. The van der Waals surface area contributed by atoms with Crippen LogP contribution in [-0.4, -0.2) is 95.9 Å². The molecule has 0 aliphatic rings. The highest BCUT2D eigenvalue weighted by Crippen LogP contribution is 2.04. The van der Waals surface area contributed by atoms with Crippen LogP contribution in [0.4, 0.5) is 4.79 Å². The molecule has 0 atom stereocenters. The second kappa shape index (κ2) is 39.8. The molecule has 0 aromatic carbocycles. The number of rotatable bonds is 35. The van der Waals surface area contributed by atoms with E-state index in [-0.39, 0.29) is 25.7 Å². The van der Waals surface area contributed by atoms with E-state index >= 15 is 0 Å². The van der Waals surface area contributed by atoms with Gasteiger partial charge in [-0.1, -0.05) is 64.2 Å². The summed E-state index contributed by atoms with van der Waals surface area (Å²) >= 11 is 0. The van der Waals surface area contributed by atoms with Gasteiger partial charge in [0, 0.05) is 32.7 Å². The zero-order valence-corrected chi connectivity index (χ0v) is 34.0. The van der Waals surface area contributed by atoms with Crippen molar-refractivity contribution in [2.45, 2.75) is 148 Å². The van der Waals surface area contributed by atoms with Gasteiger partial charge < -0.3 is 10.6 Å². The van der Waals surface area contributed by atoms with Crippen LogP contribution in [-0.2, 0) is 43.6 Å². The molecule has 19 heteroatoms. The van der Waals surface area contributed by atoms with Crippen molar-refractivity contribution >= 4 is 36.4 Å². The van der Waals surface area contributed by atoms with Gasteiger partial charge >= 0.3 is 23.1 Å². The SMILES string of the molecule is O=C=NCCCCCCNC(=O)NCCCCCCN=C=O.O=C=NCCCCCCn1c(=O)n(CCCCCCN=C=O)c(=O)n(CCCCCCN=C=O)c1=O. The monoisotopic (exact) mass is 814 g/mol. The second-order valence-corrected chi connectivity index (χ2v) is 13.4. The van der Waals surface area contributed by atoms with E-state index in [0.29, 0.717) is 65.1 Å². The van der Waals surface area contributed by atoms with Crippen LogP contribution in [0.2, 0.25) is 0 Å². The molecule has 1 aromatic heterocycles. The van der Waals surface area contributed by atoms with Gasteiger partial charge in [-0.15, -0.1) is 0 Å². The Morgan fingerprint density at radius 1 is 0.362 bits per heavy atom. The third-order valence-electron chi connectivity index (χ3n) is 8.88. The van der Waals surface area contributed by atoms with Crippen LogP contribution in [0.5, 0.6) is 0 Å². The zero-order valence-electron chi connectivity index (χ0n) is 34.0. The summed E-state index contributed by atoms with van der Waals surface area (Å²) in [6.07, 6.45) is 23.8. The number of nitrogens with one attached hydrogen (secondary N) is 2. The van der Waals surface area contributed by atoms with Crippen molar-refractivity contribution in [2.24, 2.45) is 25.0 Å². The number of hydrogen-bond acceptors (Lipinski definition) is 14. The van der Waals surface area contributed by atoms with Gasteiger partial charge in [-0.25, -0.2) is 81.8 Å². The van der Waals surface area contributed by atoms with E-state index in [0.717, 1.165) is 123 Å². The molecule has 1 rings (SSSR count). The summed E-state index contributed by atoms with van der Waals surface area (Å²) in [5, 5.41) is 5.62. The van der Waals surface area contributed by atoms with Gasteiger partial charge in [-0.2, -0.15) is 0 Å². The van der Waals surface area contributed by atoms with E-state index in [2.05, 4.69) is 35.6 Å². The summed E-state index contributed by atoms with van der Waals surface area (Å²) in [4.78, 5) is 118. The lowest BCUT2D eigenvalue weighted by Gasteiger charge is -2.14. The molecule has 2 N–H and O–H groups in total. The van der Waals surface area contributed by atoms with E-state index in [1.165, 1.54) is 30.4 Å². The number of carbonyl (C=O) groups excluding carboxylic acids is 6. The van der Waals surface area contributed by atoms with Crippen LogP contribution in [0.1, 0.15) is 128 Å². The Kier molecular flexibility index (Phi) is 36.1. The van der Waals surface area contributed by atoms with Crippen molar-refractivity contribution in [3.05, 3.63) is 31.5 Å². The Morgan fingerprint density at radius 3 is 0.828 bits per heavy atom. The lowest BCUT2D eigenvalue weighted by molar-refractivity contribution is 0.240. The molecular weight excluding hydrogens is 752 g/mol. The average Bonchev–Trinajstić information content (AvgIpc) is 3.22. The van der Waals surface area contributed by atoms with Gasteiger partial charge in [0.25, 0.3) is 0 Å². The van der Waals surface area contributed by atoms with Crippen molar-refractivity contribution in [3.8, 4) is 0 Å². The molecule has 1 aromatic rings. The lowest BCUT2D eigenvalue weighted by Crippen LogP contribution is -2.54. The summed E-state index contributed by atoms with van der Waals surface area (Å²) in [7, 11) is 0. The predicted molar refractivity (Wildman–Crippen MR) is 218 cm³/mol. The van der Waals surface area contributed by atoms with Gasteiger partial charge in [-0.05, 0) is 64.2 Å². The van der Waals surface area contributed by atoms with E-state index in [4.69, 9.17) is 0 Å². The molecule has 58 heavy (non-hydrogen) atoms. The van der Waals surface area contributed by atoms with Crippen molar-refractivity contribution in [1.82, 2.24) is 24.3 Å². The fourth-order valence-corrected chi connectivity index (χ4v) is 5.73. The molecule has 1 heterocycles. The molecule has 322 valence electrons. The summed E-state index contributed by atoms with van der Waals surface area (Å²) in [5.41, 5.74) is -1.78. The van der Waals surface area contributed by atoms with Crippen molar-refractivity contribution in [1.29, 1.82) is 0 Å². The number of carbonyl (C=O) groups is 1. The van der Waals surface area contributed by atoms with E-state index in [9.17, 15) is 43.2 Å². The third kappa shape index (κ3) is 28.9. The molecule has 0 saturated heterocycles. The zero-order chi connectivity index (χ0) is 42.7. The Bertz CT molecular complexity index is 1490. The summed E-state index contributed by atoms with van der Waals surface area (Å²) in [6.45, 7) is 4.25. The summed E-state index contributed by atoms with van der Waals surface area (Å²) in [6, 6.07) is -0.129. The van der Waals surface area contributed by atoms with E-state index in [1.807, 2.05) is 0 Å². The van der Waals surface area contributed by atoms with Crippen LogP contribution >= 0.6 is 0 Å². The fourth-order valence-electron chi connectivity index (χ4n) is 5.73. The molecule has 2 amide bonds. The van der Waals surface area contributed by atoms with Gasteiger partial charge in [-0.3, -0.25) is 0 Å². The number of unbranched alkanes of at least 4 members (excludes halogenated alkanes) is 15. The molecule has 0 spiro atoms. The standard InChI is InChI=1S/C24H36N6O6.C15H26N4O3/c31-19-25-13-7-1-4-10-16-28-22(34)29(17-11-5-2-8-14-26-20-32)24(36)30(23(28)35)18-12-6-3-9-15-27-21-33;20-13-16-9-5-1-3-7-11-18-15(22)19-12-8-4-2-6-10-17-14-21/h1-18H2;1-12H2,(H2,18,19,22). The first-order valence-electron chi connectivity index (χ1n) is 20.5. The molecule has 0 aliphatic heterocycles. The largest absolute Gasteiger partial charge is 0.338 e. The number of aromatic nitrogens is 3. The molecular formula is C39H62N10O9. The highest BCUT2D eigenvalue weighted by atomic mass is 16.2. The second-order valence-electron chi connectivity index (χ2n) is 13.4. The minimum absolute atomic E-state index is 0.129. The quantitative estimate of drug-likeness (QED) is 0.0571. The smallest absolute Gasteiger partial charge is 0.336 e. The minimum atomic E-state index is -0.593. The number of hydrogen-bond donors (Lipinski definition) is 2. The number of isocyanates is 5. The maximum Gasteiger partial charge on any atom is 0.336 e. The van der Waals surface area contributed by atoms with Gasteiger partial charge in [0.15, 0.2) is 0 Å². The number of nitrogens with zero attached hydrogens (tertiary/aromatic N) is 8. The van der Waals surface area contributed by atoms with E-state index < -0.39 is 17.1 Å². The van der Waals surface area contributed by atoms with Crippen molar-refractivity contribution in [3.63, 3.8) is 0 Å². The maximum absolute atomic E-state index is 13.0. The highest BCUT2D eigenvalue weighted by molar-refractivity contribution is 5.73. The number of urea groups is 1. The van der Waals surface area contributed by atoms with Crippen LogP contribution < -0.4 is 27.7 Å². The molecule has 0 fully saturated rings. The molecule has 0 unspecified atom stereocenters. The lowest BCUT2D eigenvalue weighted by atomic mass is 10.2. The van der Waals surface area contributed by atoms with Crippen molar-refractivity contribution < 1.29 is 28.8 Å². The van der Waals surface area contributed by atoms with Gasteiger partial charge in [0.05, 0.1) is 32.7 Å².